The van der Waals surface area contributed by atoms with Crippen LogP contribution in [0.2, 0.25) is 0 Å². The van der Waals surface area contributed by atoms with E-state index in [1.54, 1.807) is 0 Å². The Bertz CT molecular complexity index is 481. The molecular weight excluding hydrogens is 300 g/mol. The van der Waals surface area contributed by atoms with Gasteiger partial charge in [-0.05, 0) is 56.3 Å². The van der Waals surface area contributed by atoms with Crippen molar-refractivity contribution in [1.29, 1.82) is 0 Å². The molecule has 5 heteroatoms. The average molecular weight is 327 g/mol. The summed E-state index contributed by atoms with van der Waals surface area (Å²) < 4.78 is 6.03. The fourth-order valence-corrected chi connectivity index (χ4v) is 3.93. The summed E-state index contributed by atoms with van der Waals surface area (Å²) in [5.41, 5.74) is 6.08. The van der Waals surface area contributed by atoms with Crippen LogP contribution in [0.5, 0.6) is 0 Å². The number of allylic oxidation sites excluding steroid dienone is 2. The first-order chi connectivity index (χ1) is 10.4. The Kier molecular flexibility index (Phi) is 5.70. The van der Waals surface area contributed by atoms with Gasteiger partial charge in [-0.1, -0.05) is 31.5 Å². The largest absolute Gasteiger partial charge is 0.373 e. The number of hydrogen-bond donors (Lipinski definition) is 2. The molecule has 3 N–H and O–H groups in total. The molecule has 1 aliphatic heterocycles. The van der Waals surface area contributed by atoms with Crippen LogP contribution in [-0.2, 0) is 9.53 Å². The van der Waals surface area contributed by atoms with Crippen LogP contribution in [0.1, 0.15) is 33.6 Å². The van der Waals surface area contributed by atoms with Gasteiger partial charge < -0.3 is 15.8 Å². The summed E-state index contributed by atoms with van der Waals surface area (Å²) in [5, 5.41) is 4.02. The number of primary amides is 1. The van der Waals surface area contributed by atoms with Crippen LogP contribution >= 0.6 is 11.6 Å². The molecule has 1 saturated heterocycles. The average Bonchev–Trinajstić information content (AvgIpc) is 2.97. The molecule has 1 amide bonds. The van der Waals surface area contributed by atoms with Gasteiger partial charge in [0.05, 0.1) is 6.10 Å². The van der Waals surface area contributed by atoms with Crippen molar-refractivity contribution in [2.45, 2.75) is 39.7 Å². The molecule has 1 aliphatic carbocycles. The predicted molar refractivity (Wildman–Crippen MR) is 89.5 cm³/mol. The number of rotatable bonds is 6. The third kappa shape index (κ3) is 3.10. The molecule has 22 heavy (non-hydrogen) atoms. The van der Waals surface area contributed by atoms with E-state index in [0.29, 0.717) is 17.6 Å². The molecule has 1 fully saturated rings. The van der Waals surface area contributed by atoms with Gasteiger partial charge >= 0.3 is 0 Å². The zero-order chi connectivity index (χ0) is 16.3. The third-order valence-corrected chi connectivity index (χ3v) is 5.06. The third-order valence-electron chi connectivity index (χ3n) is 4.69. The van der Waals surface area contributed by atoms with Crippen molar-refractivity contribution in [3.05, 3.63) is 22.8 Å². The molecule has 0 saturated carbocycles. The summed E-state index contributed by atoms with van der Waals surface area (Å²) in [4.78, 5) is 12.5. The summed E-state index contributed by atoms with van der Waals surface area (Å²) in [6.07, 6.45) is 5.10. The van der Waals surface area contributed by atoms with Crippen molar-refractivity contribution in [1.82, 2.24) is 5.32 Å². The lowest BCUT2D eigenvalue weighted by Gasteiger charge is -2.43. The summed E-state index contributed by atoms with van der Waals surface area (Å²) >= 11 is 6.44. The lowest BCUT2D eigenvalue weighted by Crippen LogP contribution is -2.54. The van der Waals surface area contributed by atoms with Crippen LogP contribution in [0.4, 0.5) is 0 Å². The Balaban J connectivity index is 2.48. The van der Waals surface area contributed by atoms with E-state index in [1.807, 2.05) is 19.1 Å². The maximum atomic E-state index is 12.5. The second-order valence-electron chi connectivity index (χ2n) is 6.63. The van der Waals surface area contributed by atoms with Gasteiger partial charge in [0.15, 0.2) is 0 Å². The number of hydrogen-bond acceptors (Lipinski definition) is 3. The van der Waals surface area contributed by atoms with Crippen molar-refractivity contribution in [3.63, 3.8) is 0 Å². The predicted octanol–water partition coefficient (Wildman–Crippen LogP) is 2.58. The summed E-state index contributed by atoms with van der Waals surface area (Å²) in [5.74, 6) is 0.261. The number of carbonyl (C=O) groups is 1. The van der Waals surface area contributed by atoms with E-state index in [1.165, 1.54) is 0 Å². The molecule has 0 aromatic heterocycles. The minimum absolute atomic E-state index is 0.143. The molecule has 0 bridgehead atoms. The van der Waals surface area contributed by atoms with E-state index >= 15 is 0 Å². The van der Waals surface area contributed by atoms with E-state index in [0.717, 1.165) is 31.5 Å². The zero-order valence-electron chi connectivity index (χ0n) is 13.7. The minimum Gasteiger partial charge on any atom is -0.373 e. The number of nitrogens with two attached hydrogens (primary N) is 1. The maximum absolute atomic E-state index is 12.5. The van der Waals surface area contributed by atoms with Gasteiger partial charge in [0.1, 0.15) is 5.41 Å². The first-order valence-electron chi connectivity index (χ1n) is 8.13. The minimum atomic E-state index is -0.803. The zero-order valence-corrected chi connectivity index (χ0v) is 14.5. The molecule has 0 aromatic carbocycles. The molecule has 124 valence electrons. The highest BCUT2D eigenvalue weighted by Crippen LogP contribution is 2.47. The number of halogens is 1. The maximum Gasteiger partial charge on any atom is 0.230 e. The van der Waals surface area contributed by atoms with E-state index < -0.39 is 5.41 Å². The fraction of sp³-hybridized carbons (Fsp3) is 0.706. The highest BCUT2D eigenvalue weighted by atomic mass is 35.5. The van der Waals surface area contributed by atoms with Gasteiger partial charge in [-0.15, -0.1) is 0 Å². The van der Waals surface area contributed by atoms with Crippen molar-refractivity contribution in [2.75, 3.05) is 19.7 Å². The number of ether oxygens (including phenoxy) is 1. The van der Waals surface area contributed by atoms with E-state index in [4.69, 9.17) is 22.1 Å². The van der Waals surface area contributed by atoms with Crippen molar-refractivity contribution in [2.24, 2.45) is 23.0 Å². The van der Waals surface area contributed by atoms with Crippen molar-refractivity contribution < 1.29 is 9.53 Å². The van der Waals surface area contributed by atoms with Gasteiger partial charge in [0.2, 0.25) is 5.91 Å². The Morgan fingerprint density at radius 2 is 2.32 bits per heavy atom. The molecule has 3 unspecified atom stereocenters. The van der Waals surface area contributed by atoms with Crippen molar-refractivity contribution >= 4 is 17.5 Å². The van der Waals surface area contributed by atoms with Gasteiger partial charge in [-0.2, -0.15) is 0 Å². The lowest BCUT2D eigenvalue weighted by atomic mass is 9.65. The molecular formula is C17H27ClN2O2. The smallest absolute Gasteiger partial charge is 0.230 e. The Morgan fingerprint density at radius 1 is 1.59 bits per heavy atom. The summed E-state index contributed by atoms with van der Waals surface area (Å²) in [6.45, 7) is 8.44. The standard InChI is InChI=1S/C17H27ClN2O2/c1-4-22-15-13(9-11(2)3)14(18)5-7-17(15,16(19)21)12-6-8-20-10-12/h5,7,11-12,15,20H,4,6,8-10H2,1-3H3,(H2,19,21). The highest BCUT2D eigenvalue weighted by molar-refractivity contribution is 6.31. The van der Waals surface area contributed by atoms with Crippen LogP contribution in [0.15, 0.2) is 22.8 Å². The van der Waals surface area contributed by atoms with E-state index in [9.17, 15) is 4.79 Å². The highest BCUT2D eigenvalue weighted by Gasteiger charge is 2.53. The number of nitrogens with one attached hydrogen (secondary N) is 1. The Morgan fingerprint density at radius 3 is 2.82 bits per heavy atom. The molecule has 0 aromatic rings. The lowest BCUT2D eigenvalue weighted by molar-refractivity contribution is -0.136. The van der Waals surface area contributed by atoms with Crippen LogP contribution in [0, 0.1) is 17.3 Å². The first kappa shape index (κ1) is 17.5. The van der Waals surface area contributed by atoms with Gasteiger partial charge in [0, 0.05) is 11.6 Å². The quantitative estimate of drug-likeness (QED) is 0.788. The Hall–Kier alpha value is -0.840. The molecule has 2 rings (SSSR count). The molecule has 4 nitrogen and oxygen atoms in total. The Labute approximate surface area is 138 Å². The monoisotopic (exact) mass is 326 g/mol. The van der Waals surface area contributed by atoms with Crippen LogP contribution in [-0.4, -0.2) is 31.7 Å². The van der Waals surface area contributed by atoms with Crippen molar-refractivity contribution in [3.8, 4) is 0 Å². The molecule has 3 atom stereocenters. The normalized spacial score (nSPS) is 32.0. The second-order valence-corrected chi connectivity index (χ2v) is 7.03. The van der Waals surface area contributed by atoms with Gasteiger partial charge in [-0.3, -0.25) is 4.79 Å². The SMILES string of the molecule is CCOC1C(CC(C)C)=C(Cl)C=CC1(C(N)=O)C1CCNC1. The molecule has 2 aliphatic rings. The van der Waals surface area contributed by atoms with E-state index in [2.05, 4.69) is 19.2 Å². The summed E-state index contributed by atoms with van der Waals surface area (Å²) in [7, 11) is 0. The van der Waals surface area contributed by atoms with Crippen LogP contribution in [0.3, 0.4) is 0 Å². The van der Waals surface area contributed by atoms with Crippen LogP contribution < -0.4 is 11.1 Å². The van der Waals surface area contributed by atoms with Gasteiger partial charge in [0.25, 0.3) is 0 Å². The van der Waals surface area contributed by atoms with E-state index in [-0.39, 0.29) is 17.9 Å². The fourth-order valence-electron chi connectivity index (χ4n) is 3.69. The topological polar surface area (TPSA) is 64.3 Å². The van der Waals surface area contributed by atoms with Crippen LogP contribution in [0.25, 0.3) is 0 Å². The molecule has 0 radical (unpaired) electrons. The molecule has 0 spiro atoms. The summed E-state index contributed by atoms with van der Waals surface area (Å²) in [6, 6.07) is 0. The first-order valence-corrected chi connectivity index (χ1v) is 8.51. The number of carbonyl (C=O) groups excluding carboxylic acids is 1. The number of amides is 1. The molecule has 1 heterocycles. The second kappa shape index (κ2) is 7.16. The van der Waals surface area contributed by atoms with Gasteiger partial charge in [-0.25, -0.2) is 0 Å².